The Balaban J connectivity index is 1.47. The SMILES string of the molecule is C=CCCC[C@@H]1C[C@H]1OC(=O)N[C@H](C(=O)N1C[C@H](Oc2nc3cc(OC)ccc3nc2Cl)C(Cc2ccccc2)[C@H]1C(=O)OCC(C)C)C(C)(C)C. The smallest absolute Gasteiger partial charge is 0.408 e. The molecule has 280 valence electrons. The molecule has 1 unspecified atom stereocenters. The molecular weight excluding hydrogens is 684 g/mol. The fraction of sp³-hybridized carbons (Fsp3) is 0.525. The summed E-state index contributed by atoms with van der Waals surface area (Å²) in [5, 5.41) is 2.90. The van der Waals surface area contributed by atoms with Crippen molar-refractivity contribution in [3.63, 3.8) is 0 Å². The van der Waals surface area contributed by atoms with Crippen molar-refractivity contribution < 1.29 is 33.3 Å². The Kier molecular flexibility index (Phi) is 12.7. The lowest BCUT2D eigenvalue weighted by Crippen LogP contribution is -2.57. The maximum atomic E-state index is 14.7. The fourth-order valence-corrected chi connectivity index (χ4v) is 6.81. The van der Waals surface area contributed by atoms with E-state index in [1.54, 1.807) is 25.3 Å². The Labute approximate surface area is 311 Å². The number of alkyl carbamates (subject to hydrolysis) is 1. The molecule has 2 aliphatic rings. The first-order valence-corrected chi connectivity index (χ1v) is 18.4. The Bertz CT molecular complexity index is 1730. The van der Waals surface area contributed by atoms with Crippen molar-refractivity contribution in [2.75, 3.05) is 20.3 Å². The van der Waals surface area contributed by atoms with Crippen LogP contribution in [0.2, 0.25) is 5.15 Å². The van der Waals surface area contributed by atoms with Crippen LogP contribution in [0.25, 0.3) is 11.0 Å². The third-order valence-corrected chi connectivity index (χ3v) is 9.78. The molecule has 2 heterocycles. The van der Waals surface area contributed by atoms with Gasteiger partial charge in [-0.15, -0.1) is 6.58 Å². The van der Waals surface area contributed by atoms with E-state index in [1.165, 1.54) is 4.90 Å². The van der Waals surface area contributed by atoms with Crippen LogP contribution in [0, 0.1) is 23.2 Å². The van der Waals surface area contributed by atoms with Crippen molar-refractivity contribution >= 4 is 40.6 Å². The number of rotatable bonds is 15. The normalized spacial score (nSPS) is 21.8. The number of esters is 1. The lowest BCUT2D eigenvalue weighted by molar-refractivity contribution is -0.157. The number of nitrogens with one attached hydrogen (secondary N) is 1. The molecule has 1 aliphatic carbocycles. The summed E-state index contributed by atoms with van der Waals surface area (Å²) in [7, 11) is 1.56. The number of likely N-dealkylation sites (tertiary alicyclic amines) is 1. The van der Waals surface area contributed by atoms with Gasteiger partial charge in [-0.3, -0.25) is 4.79 Å². The monoisotopic (exact) mass is 734 g/mol. The standard InChI is InChI=1S/C40H51ClN4O7/c1-8-9-11-16-26-20-31(26)52-39(48)44-34(40(4,5)6)37(46)45-22-32(51-36-35(41)42-29-18-17-27(49-7)21-30(29)43-36)28(19-25-14-12-10-13-15-25)33(45)38(47)50-23-24(2)3/h8,10,12-15,17-18,21,24,26,28,31-34H,1,9,11,16,19-20,22-23H2,2-7H3,(H,44,48)/t26-,28?,31-,32+,33+,34-/m1/s1. The van der Waals surface area contributed by atoms with E-state index in [2.05, 4.69) is 21.9 Å². The summed E-state index contributed by atoms with van der Waals surface area (Å²) < 4.78 is 23.5. The number of carbonyl (C=O) groups excluding carboxylic acids is 3. The number of benzene rings is 2. The first-order chi connectivity index (χ1) is 24.8. The molecule has 1 saturated heterocycles. The summed E-state index contributed by atoms with van der Waals surface area (Å²) in [6.45, 7) is 13.4. The van der Waals surface area contributed by atoms with E-state index in [4.69, 9.17) is 30.5 Å². The summed E-state index contributed by atoms with van der Waals surface area (Å²) in [5.41, 5.74) is 1.26. The molecule has 52 heavy (non-hydrogen) atoms. The average Bonchev–Trinajstić information content (AvgIpc) is 3.74. The second kappa shape index (κ2) is 17.0. The summed E-state index contributed by atoms with van der Waals surface area (Å²) in [4.78, 5) is 52.8. The van der Waals surface area contributed by atoms with Gasteiger partial charge in [-0.2, -0.15) is 0 Å². The van der Waals surface area contributed by atoms with Gasteiger partial charge in [-0.25, -0.2) is 19.6 Å². The third-order valence-electron chi connectivity index (χ3n) is 9.53. The number of amides is 2. The Morgan fingerprint density at radius 3 is 2.50 bits per heavy atom. The maximum Gasteiger partial charge on any atom is 0.408 e. The molecule has 5 rings (SSSR count). The van der Waals surface area contributed by atoms with Gasteiger partial charge in [0, 0.05) is 12.0 Å². The van der Waals surface area contributed by atoms with Crippen LogP contribution in [-0.4, -0.2) is 77.4 Å². The van der Waals surface area contributed by atoms with Gasteiger partial charge in [0.15, 0.2) is 5.15 Å². The lowest BCUT2D eigenvalue weighted by atomic mass is 9.85. The zero-order valence-electron chi connectivity index (χ0n) is 31.0. The van der Waals surface area contributed by atoms with Gasteiger partial charge in [0.2, 0.25) is 5.91 Å². The van der Waals surface area contributed by atoms with Crippen molar-refractivity contribution in [3.8, 4) is 11.6 Å². The van der Waals surface area contributed by atoms with Crippen LogP contribution >= 0.6 is 11.6 Å². The number of halogens is 1. The quantitative estimate of drug-likeness (QED) is 0.0980. The van der Waals surface area contributed by atoms with Gasteiger partial charge in [-0.1, -0.05) is 82.6 Å². The molecule has 1 aromatic heterocycles. The summed E-state index contributed by atoms with van der Waals surface area (Å²) in [6.07, 6.45) is 4.31. The minimum Gasteiger partial charge on any atom is -0.497 e. The second-order valence-corrected chi connectivity index (χ2v) is 15.6. The van der Waals surface area contributed by atoms with Gasteiger partial charge < -0.3 is 29.2 Å². The Hall–Kier alpha value is -4.38. The number of fused-ring (bicyclic) bond motifs is 1. The van der Waals surface area contributed by atoms with E-state index >= 15 is 0 Å². The first kappa shape index (κ1) is 38.8. The number of aromatic nitrogens is 2. The number of hydrogen-bond acceptors (Lipinski definition) is 9. The van der Waals surface area contributed by atoms with Crippen molar-refractivity contribution in [2.45, 2.75) is 91.0 Å². The Morgan fingerprint density at radius 1 is 1.08 bits per heavy atom. The van der Waals surface area contributed by atoms with Crippen LogP contribution in [0.15, 0.2) is 61.2 Å². The molecule has 1 aliphatic heterocycles. The van der Waals surface area contributed by atoms with Crippen LogP contribution in [-0.2, 0) is 25.5 Å². The van der Waals surface area contributed by atoms with Gasteiger partial charge in [-0.05, 0) is 67.1 Å². The van der Waals surface area contributed by atoms with E-state index in [0.717, 1.165) is 31.2 Å². The van der Waals surface area contributed by atoms with Crippen molar-refractivity contribution in [1.82, 2.24) is 20.2 Å². The molecule has 3 aromatic rings. The molecule has 0 bridgehead atoms. The molecule has 1 N–H and O–H groups in total. The van der Waals surface area contributed by atoms with Crippen LogP contribution < -0.4 is 14.8 Å². The number of methoxy groups -OCH3 is 1. The molecule has 2 amide bonds. The third kappa shape index (κ3) is 9.73. The van der Waals surface area contributed by atoms with Crippen LogP contribution in [0.3, 0.4) is 0 Å². The molecular formula is C40H51ClN4O7. The largest absolute Gasteiger partial charge is 0.497 e. The summed E-state index contributed by atoms with van der Waals surface area (Å²) >= 11 is 6.64. The summed E-state index contributed by atoms with van der Waals surface area (Å²) in [5.74, 6) is -0.540. The minimum absolute atomic E-state index is 0.00322. The number of hydrogen-bond donors (Lipinski definition) is 1. The molecule has 2 fully saturated rings. The van der Waals surface area contributed by atoms with Crippen LogP contribution in [0.4, 0.5) is 4.79 Å². The fourth-order valence-electron chi connectivity index (χ4n) is 6.63. The van der Waals surface area contributed by atoms with Crippen LogP contribution in [0.1, 0.15) is 65.9 Å². The molecule has 12 heteroatoms. The second-order valence-electron chi connectivity index (χ2n) is 15.2. The van der Waals surface area contributed by atoms with E-state index in [9.17, 15) is 14.4 Å². The highest BCUT2D eigenvalue weighted by molar-refractivity contribution is 6.31. The minimum atomic E-state index is -1.04. The predicted octanol–water partition coefficient (Wildman–Crippen LogP) is 7.19. The van der Waals surface area contributed by atoms with Crippen LogP contribution in [0.5, 0.6) is 11.6 Å². The molecule has 11 nitrogen and oxygen atoms in total. The molecule has 2 aromatic carbocycles. The predicted molar refractivity (Wildman–Crippen MR) is 199 cm³/mol. The highest BCUT2D eigenvalue weighted by Gasteiger charge is 2.53. The van der Waals surface area contributed by atoms with Crippen molar-refractivity contribution in [2.24, 2.45) is 23.2 Å². The zero-order valence-corrected chi connectivity index (χ0v) is 31.7. The van der Waals surface area contributed by atoms with E-state index < -0.39 is 47.5 Å². The van der Waals surface area contributed by atoms with Crippen molar-refractivity contribution in [1.29, 1.82) is 0 Å². The average molecular weight is 735 g/mol. The van der Waals surface area contributed by atoms with Gasteiger partial charge in [0.1, 0.15) is 30.0 Å². The van der Waals surface area contributed by atoms with E-state index in [-0.39, 0.29) is 36.2 Å². The molecule has 0 spiro atoms. The van der Waals surface area contributed by atoms with E-state index in [0.29, 0.717) is 29.1 Å². The lowest BCUT2D eigenvalue weighted by Gasteiger charge is -2.35. The van der Waals surface area contributed by atoms with E-state index in [1.807, 2.05) is 71.0 Å². The highest BCUT2D eigenvalue weighted by atomic mass is 35.5. The number of nitrogens with zero attached hydrogens (tertiary/aromatic N) is 3. The van der Waals surface area contributed by atoms with Gasteiger partial charge >= 0.3 is 12.1 Å². The number of carbonyl (C=O) groups is 3. The Morgan fingerprint density at radius 2 is 1.83 bits per heavy atom. The molecule has 0 radical (unpaired) electrons. The molecule has 1 saturated carbocycles. The first-order valence-electron chi connectivity index (χ1n) is 18.1. The number of allylic oxidation sites excluding steroid dienone is 1. The van der Waals surface area contributed by atoms with Gasteiger partial charge in [0.25, 0.3) is 5.88 Å². The molecule has 6 atom stereocenters. The van der Waals surface area contributed by atoms with Crippen molar-refractivity contribution in [3.05, 3.63) is 71.9 Å². The zero-order chi connectivity index (χ0) is 37.6. The maximum absolute atomic E-state index is 14.7. The number of unbranched alkanes of at least 4 members (excludes halogenated alkanes) is 1. The summed E-state index contributed by atoms with van der Waals surface area (Å²) in [6, 6.07) is 12.9. The number of ether oxygens (including phenoxy) is 4. The highest BCUT2D eigenvalue weighted by Crippen LogP contribution is 2.39. The topological polar surface area (TPSA) is 129 Å². The van der Waals surface area contributed by atoms with Gasteiger partial charge in [0.05, 0.1) is 31.3 Å².